The summed E-state index contributed by atoms with van der Waals surface area (Å²) in [5.74, 6) is 0. The molecule has 1 aromatic carbocycles. The second kappa shape index (κ2) is 7.97. The van der Waals surface area contributed by atoms with E-state index in [0.717, 1.165) is 31.6 Å². The van der Waals surface area contributed by atoms with Crippen molar-refractivity contribution in [3.63, 3.8) is 0 Å². The van der Waals surface area contributed by atoms with Gasteiger partial charge in [0.25, 0.3) is 0 Å². The van der Waals surface area contributed by atoms with Gasteiger partial charge in [0.2, 0.25) is 0 Å². The largest absolute Gasteiger partial charge is 0.376 e. The summed E-state index contributed by atoms with van der Waals surface area (Å²) in [6, 6.07) is 9.99. The Morgan fingerprint density at radius 1 is 1.21 bits per heavy atom. The molecule has 2 N–H and O–H groups in total. The van der Waals surface area contributed by atoms with Crippen LogP contribution in [0.15, 0.2) is 30.3 Å². The third-order valence-electron chi connectivity index (χ3n) is 4.28. The number of carbonyl (C=O) groups is 1. The molecule has 6 heteroatoms. The zero-order chi connectivity index (χ0) is 16.8. The lowest BCUT2D eigenvalue weighted by Crippen LogP contribution is -2.37. The minimum atomic E-state index is -0.132. The molecule has 24 heavy (non-hydrogen) atoms. The number of hydrogen-bond donors (Lipinski definition) is 2. The Hall–Kier alpha value is -2.34. The van der Waals surface area contributed by atoms with Gasteiger partial charge in [-0.3, -0.25) is 4.68 Å². The highest BCUT2D eigenvalue weighted by atomic mass is 16.5. The van der Waals surface area contributed by atoms with Gasteiger partial charge in [-0.25, -0.2) is 4.79 Å². The van der Waals surface area contributed by atoms with E-state index in [1.54, 1.807) is 0 Å². The number of ether oxygens (including phenoxy) is 1. The van der Waals surface area contributed by atoms with Crippen LogP contribution in [0.5, 0.6) is 0 Å². The van der Waals surface area contributed by atoms with Crippen LogP contribution in [0.3, 0.4) is 0 Å². The number of amides is 2. The van der Waals surface area contributed by atoms with Crippen LogP contribution in [0, 0.1) is 0 Å². The molecule has 0 saturated carbocycles. The molecule has 128 valence electrons. The van der Waals surface area contributed by atoms with E-state index in [4.69, 9.17) is 4.74 Å². The van der Waals surface area contributed by atoms with Crippen LogP contribution in [0.2, 0.25) is 0 Å². The maximum atomic E-state index is 11.8. The normalized spacial score (nSPS) is 13.4. The number of hydrogen-bond acceptors (Lipinski definition) is 3. The molecule has 0 aliphatic carbocycles. The fraction of sp³-hybridized carbons (Fsp3) is 0.444. The van der Waals surface area contributed by atoms with E-state index in [1.165, 1.54) is 16.8 Å². The molecule has 0 saturated heterocycles. The van der Waals surface area contributed by atoms with Crippen molar-refractivity contribution in [1.29, 1.82) is 0 Å². The summed E-state index contributed by atoms with van der Waals surface area (Å²) >= 11 is 0. The molecule has 0 unspecified atom stereocenters. The second-order valence-corrected chi connectivity index (χ2v) is 5.97. The van der Waals surface area contributed by atoms with Gasteiger partial charge in [0.1, 0.15) is 0 Å². The molecule has 6 nitrogen and oxygen atoms in total. The molecule has 2 amide bonds. The number of aryl methyl sites for hydroxylation is 1. The predicted molar refractivity (Wildman–Crippen MR) is 91.8 cm³/mol. The number of urea groups is 1. The minimum absolute atomic E-state index is 0.132. The summed E-state index contributed by atoms with van der Waals surface area (Å²) in [4.78, 5) is 11.8. The van der Waals surface area contributed by atoms with Crippen molar-refractivity contribution in [1.82, 2.24) is 20.4 Å². The van der Waals surface area contributed by atoms with Gasteiger partial charge >= 0.3 is 6.03 Å². The Morgan fingerprint density at radius 2 is 1.96 bits per heavy atom. The highest BCUT2D eigenvalue weighted by molar-refractivity contribution is 5.73. The van der Waals surface area contributed by atoms with Crippen molar-refractivity contribution in [3.05, 3.63) is 52.8 Å². The average Bonchev–Trinajstić information content (AvgIpc) is 2.92. The Bertz CT molecular complexity index is 682. The van der Waals surface area contributed by atoms with E-state index in [1.807, 2.05) is 29.9 Å². The topological polar surface area (TPSA) is 68.2 Å². The van der Waals surface area contributed by atoms with Crippen molar-refractivity contribution in [2.45, 2.75) is 25.9 Å². The summed E-state index contributed by atoms with van der Waals surface area (Å²) in [6.45, 7) is 2.58. The molecular formula is C18H24N4O2. The van der Waals surface area contributed by atoms with Crippen molar-refractivity contribution >= 4 is 6.03 Å². The second-order valence-electron chi connectivity index (χ2n) is 5.97. The highest BCUT2D eigenvalue weighted by Gasteiger charge is 2.19. The summed E-state index contributed by atoms with van der Waals surface area (Å²) in [5, 5.41) is 10.3. The molecule has 2 aromatic rings. The van der Waals surface area contributed by atoms with Gasteiger partial charge in [0.15, 0.2) is 0 Å². The van der Waals surface area contributed by atoms with Crippen LogP contribution >= 0.6 is 0 Å². The van der Waals surface area contributed by atoms with Crippen LogP contribution < -0.4 is 10.6 Å². The molecule has 0 atom stereocenters. The number of rotatable bonds is 6. The number of nitrogens with zero attached hydrogens (tertiary/aromatic N) is 2. The van der Waals surface area contributed by atoms with Gasteiger partial charge in [-0.1, -0.05) is 30.3 Å². The molecule has 2 heterocycles. The first-order valence-corrected chi connectivity index (χ1v) is 8.41. The molecule has 1 aromatic heterocycles. The van der Waals surface area contributed by atoms with Crippen molar-refractivity contribution in [2.75, 3.05) is 19.7 Å². The molecular weight excluding hydrogens is 304 g/mol. The summed E-state index contributed by atoms with van der Waals surface area (Å²) in [5.41, 5.74) is 4.69. The van der Waals surface area contributed by atoms with E-state index in [9.17, 15) is 4.79 Å². The Morgan fingerprint density at radius 3 is 2.75 bits per heavy atom. The number of benzene rings is 1. The van der Waals surface area contributed by atoms with Gasteiger partial charge in [0, 0.05) is 44.2 Å². The third kappa shape index (κ3) is 4.14. The number of nitrogens with one attached hydrogen (secondary N) is 2. The van der Waals surface area contributed by atoms with Crippen LogP contribution in [0.4, 0.5) is 4.79 Å². The fourth-order valence-corrected chi connectivity index (χ4v) is 3.01. The lowest BCUT2D eigenvalue weighted by atomic mass is 10.1. The van der Waals surface area contributed by atoms with Gasteiger partial charge in [-0.15, -0.1) is 0 Å². The van der Waals surface area contributed by atoms with Crippen LogP contribution in [0.1, 0.15) is 22.5 Å². The van der Waals surface area contributed by atoms with E-state index < -0.39 is 0 Å². The molecule has 3 rings (SSSR count). The quantitative estimate of drug-likeness (QED) is 0.846. The van der Waals surface area contributed by atoms with Crippen LogP contribution in [0.25, 0.3) is 0 Å². The van der Waals surface area contributed by atoms with E-state index >= 15 is 0 Å². The van der Waals surface area contributed by atoms with Crippen molar-refractivity contribution in [3.8, 4) is 0 Å². The van der Waals surface area contributed by atoms with E-state index in [0.29, 0.717) is 19.7 Å². The van der Waals surface area contributed by atoms with Crippen LogP contribution in [-0.4, -0.2) is 35.5 Å². The maximum absolute atomic E-state index is 11.8. The summed E-state index contributed by atoms with van der Waals surface area (Å²) in [6.07, 6.45) is 2.46. The SMILES string of the molecule is Cn1nc(CCNC(=O)NCCc2ccccc2)c2c1CCOC2. The molecule has 1 aliphatic rings. The van der Waals surface area contributed by atoms with Crippen molar-refractivity contribution in [2.24, 2.45) is 7.05 Å². The van der Waals surface area contributed by atoms with Gasteiger partial charge < -0.3 is 15.4 Å². The summed E-state index contributed by atoms with van der Waals surface area (Å²) in [7, 11) is 1.97. The van der Waals surface area contributed by atoms with Gasteiger partial charge in [0.05, 0.1) is 18.9 Å². The zero-order valence-electron chi connectivity index (χ0n) is 14.0. The maximum Gasteiger partial charge on any atom is 0.314 e. The molecule has 0 bridgehead atoms. The lowest BCUT2D eigenvalue weighted by molar-refractivity contribution is 0.108. The first-order chi connectivity index (χ1) is 11.7. The molecule has 0 fully saturated rings. The molecule has 0 radical (unpaired) electrons. The Kier molecular flexibility index (Phi) is 5.48. The third-order valence-corrected chi connectivity index (χ3v) is 4.28. The first kappa shape index (κ1) is 16.5. The smallest absolute Gasteiger partial charge is 0.314 e. The average molecular weight is 328 g/mol. The number of fused-ring (bicyclic) bond motifs is 1. The molecule has 1 aliphatic heterocycles. The molecule has 0 spiro atoms. The Balaban J connectivity index is 1.39. The standard InChI is InChI=1S/C18H24N4O2/c1-22-17-9-12-24-13-15(17)16(21-22)8-11-20-18(23)19-10-7-14-5-3-2-4-6-14/h2-6H,7-13H2,1H3,(H2,19,20,23). The van der Waals surface area contributed by atoms with Gasteiger partial charge in [-0.05, 0) is 12.0 Å². The minimum Gasteiger partial charge on any atom is -0.376 e. The fourth-order valence-electron chi connectivity index (χ4n) is 3.01. The highest BCUT2D eigenvalue weighted by Crippen LogP contribution is 2.20. The predicted octanol–water partition coefficient (Wildman–Crippen LogP) is 1.58. The number of aromatic nitrogens is 2. The number of carbonyl (C=O) groups excluding carboxylic acids is 1. The lowest BCUT2D eigenvalue weighted by Gasteiger charge is -2.13. The zero-order valence-corrected chi connectivity index (χ0v) is 14.0. The van der Waals surface area contributed by atoms with Crippen molar-refractivity contribution < 1.29 is 9.53 Å². The Labute approximate surface area is 142 Å². The monoisotopic (exact) mass is 328 g/mol. The first-order valence-electron chi connectivity index (χ1n) is 8.41. The van der Waals surface area contributed by atoms with E-state index in [-0.39, 0.29) is 6.03 Å². The van der Waals surface area contributed by atoms with E-state index in [2.05, 4.69) is 27.9 Å². The van der Waals surface area contributed by atoms with Crippen LogP contribution in [-0.2, 0) is 37.7 Å². The van der Waals surface area contributed by atoms with Gasteiger partial charge in [-0.2, -0.15) is 5.10 Å². The summed E-state index contributed by atoms with van der Waals surface area (Å²) < 4.78 is 7.46.